The lowest BCUT2D eigenvalue weighted by Crippen LogP contribution is -2.45. The third kappa shape index (κ3) is 3.77. The highest BCUT2D eigenvalue weighted by atomic mass is 16.7. The van der Waals surface area contributed by atoms with Crippen LogP contribution in [0.4, 0.5) is 0 Å². The third-order valence-corrected chi connectivity index (χ3v) is 4.49. The van der Waals surface area contributed by atoms with Gasteiger partial charge in [0.05, 0.1) is 12.7 Å². The predicted octanol–water partition coefficient (Wildman–Crippen LogP) is 0.0835. The number of carbonyl (C=O) groups excluding carboxylic acids is 2. The van der Waals surface area contributed by atoms with Crippen LogP contribution >= 0.6 is 0 Å². The highest BCUT2D eigenvalue weighted by Gasteiger charge is 2.43. The van der Waals surface area contributed by atoms with Crippen molar-refractivity contribution in [2.45, 2.75) is 56.5 Å². The number of hydrogen-bond acceptors (Lipinski definition) is 5. The Morgan fingerprint density at radius 3 is 2.32 bits per heavy atom. The zero-order chi connectivity index (χ0) is 15.4. The number of nitrogens with one attached hydrogen (secondary N) is 2. The van der Waals surface area contributed by atoms with E-state index in [4.69, 9.17) is 14.2 Å². The molecule has 2 N–H and O–H groups in total. The smallest absolute Gasteiger partial charge is 0.309 e. The second kappa shape index (κ2) is 6.93. The quantitative estimate of drug-likeness (QED) is 0.718. The minimum atomic E-state index is -0.631. The van der Waals surface area contributed by atoms with Gasteiger partial charge in [0, 0.05) is 32.5 Å². The Bertz CT molecular complexity index is 416. The van der Waals surface area contributed by atoms with E-state index in [1.54, 1.807) is 0 Å². The monoisotopic (exact) mass is 312 g/mol. The van der Waals surface area contributed by atoms with Crippen molar-refractivity contribution >= 4 is 11.8 Å². The Morgan fingerprint density at radius 2 is 1.68 bits per heavy atom. The maximum Gasteiger partial charge on any atom is 0.309 e. The van der Waals surface area contributed by atoms with E-state index < -0.39 is 17.6 Å². The first-order valence-corrected chi connectivity index (χ1v) is 8.16. The van der Waals surface area contributed by atoms with Gasteiger partial charge in [0.1, 0.15) is 6.10 Å². The highest BCUT2D eigenvalue weighted by Crippen LogP contribution is 2.38. The Morgan fingerprint density at radius 1 is 1.00 bits per heavy atom. The Balaban J connectivity index is 1.34. The second-order valence-electron chi connectivity index (χ2n) is 6.22. The molecule has 0 aromatic heterocycles. The minimum Gasteiger partial charge on any atom is -0.376 e. The topological polar surface area (TPSA) is 85.9 Å². The van der Waals surface area contributed by atoms with Gasteiger partial charge in [0.25, 0.3) is 0 Å². The van der Waals surface area contributed by atoms with Crippen LogP contribution in [-0.4, -0.2) is 56.1 Å². The molecule has 1 aliphatic carbocycles. The van der Waals surface area contributed by atoms with Crippen molar-refractivity contribution in [1.29, 1.82) is 0 Å². The van der Waals surface area contributed by atoms with Crippen LogP contribution in [0.1, 0.15) is 38.5 Å². The third-order valence-electron chi connectivity index (χ3n) is 4.49. The number of rotatable bonds is 4. The molecule has 2 saturated heterocycles. The van der Waals surface area contributed by atoms with Crippen molar-refractivity contribution in [3.63, 3.8) is 0 Å². The molecule has 3 fully saturated rings. The molecule has 0 radical (unpaired) electrons. The van der Waals surface area contributed by atoms with Gasteiger partial charge in [0.2, 0.25) is 0 Å². The van der Waals surface area contributed by atoms with Gasteiger partial charge in [-0.15, -0.1) is 0 Å². The molecule has 2 aliphatic heterocycles. The van der Waals surface area contributed by atoms with Crippen LogP contribution in [0.5, 0.6) is 0 Å². The summed E-state index contributed by atoms with van der Waals surface area (Å²) in [4.78, 5) is 23.5. The minimum absolute atomic E-state index is 0.0329. The molecule has 3 rings (SSSR count). The molecule has 1 spiro atoms. The van der Waals surface area contributed by atoms with E-state index in [0.29, 0.717) is 19.7 Å². The molecule has 22 heavy (non-hydrogen) atoms. The average Bonchev–Trinajstić information content (AvgIpc) is 3.26. The van der Waals surface area contributed by atoms with E-state index in [2.05, 4.69) is 10.6 Å². The van der Waals surface area contributed by atoms with Crippen LogP contribution in [-0.2, 0) is 23.8 Å². The molecule has 3 aliphatic rings. The van der Waals surface area contributed by atoms with Gasteiger partial charge in [-0.2, -0.15) is 0 Å². The van der Waals surface area contributed by atoms with Crippen LogP contribution in [0.3, 0.4) is 0 Å². The summed E-state index contributed by atoms with van der Waals surface area (Å²) >= 11 is 0. The summed E-state index contributed by atoms with van der Waals surface area (Å²) < 4.78 is 17.0. The fourth-order valence-corrected chi connectivity index (χ4v) is 3.27. The first kappa shape index (κ1) is 15.7. The van der Waals surface area contributed by atoms with Crippen molar-refractivity contribution in [1.82, 2.24) is 10.6 Å². The molecule has 2 heterocycles. The lowest BCUT2D eigenvalue weighted by atomic mass is 10.2. The normalized spacial score (nSPS) is 29.8. The largest absolute Gasteiger partial charge is 0.376 e. The maximum absolute atomic E-state index is 11.8. The van der Waals surface area contributed by atoms with Gasteiger partial charge in [-0.25, -0.2) is 0 Å². The van der Waals surface area contributed by atoms with Crippen molar-refractivity contribution in [2.75, 3.05) is 26.3 Å². The summed E-state index contributed by atoms with van der Waals surface area (Å²) in [5.74, 6) is -1.68. The SMILES string of the molecule is O=C(NC[C@@H]1CCCO1)C(=O)NC[C@@H]1COC2(CCCC2)O1. The first-order valence-electron chi connectivity index (χ1n) is 8.16. The number of amides is 2. The number of ether oxygens (including phenoxy) is 3. The molecule has 0 aromatic rings. The lowest BCUT2D eigenvalue weighted by molar-refractivity contribution is -0.161. The van der Waals surface area contributed by atoms with Crippen molar-refractivity contribution in [2.24, 2.45) is 0 Å². The standard InChI is InChI=1S/C15H24N2O5/c18-13(16-8-11-4-3-7-20-11)14(19)17-9-12-10-21-15(22-12)5-1-2-6-15/h11-12H,1-10H2,(H,16,18)(H,17,19)/t11-,12+/m0/s1. The molecule has 2 atom stereocenters. The van der Waals surface area contributed by atoms with Crippen LogP contribution < -0.4 is 10.6 Å². The zero-order valence-corrected chi connectivity index (χ0v) is 12.8. The molecule has 0 aromatic carbocycles. The fourth-order valence-electron chi connectivity index (χ4n) is 3.27. The van der Waals surface area contributed by atoms with E-state index in [1.807, 2.05) is 0 Å². The summed E-state index contributed by atoms with van der Waals surface area (Å²) in [7, 11) is 0. The molecule has 124 valence electrons. The number of carbonyl (C=O) groups is 2. The van der Waals surface area contributed by atoms with Gasteiger partial charge in [-0.3, -0.25) is 9.59 Å². The van der Waals surface area contributed by atoms with Crippen LogP contribution in [0.25, 0.3) is 0 Å². The molecular weight excluding hydrogens is 288 g/mol. The van der Waals surface area contributed by atoms with E-state index in [1.165, 1.54) is 0 Å². The van der Waals surface area contributed by atoms with E-state index in [-0.39, 0.29) is 12.2 Å². The number of hydrogen-bond donors (Lipinski definition) is 2. The Hall–Kier alpha value is -1.18. The maximum atomic E-state index is 11.8. The van der Waals surface area contributed by atoms with Gasteiger partial charge < -0.3 is 24.8 Å². The van der Waals surface area contributed by atoms with Crippen LogP contribution in [0, 0.1) is 0 Å². The molecule has 2 amide bonds. The van der Waals surface area contributed by atoms with E-state index >= 15 is 0 Å². The highest BCUT2D eigenvalue weighted by molar-refractivity contribution is 6.35. The van der Waals surface area contributed by atoms with E-state index in [0.717, 1.165) is 45.1 Å². The predicted molar refractivity (Wildman–Crippen MR) is 77.0 cm³/mol. The second-order valence-corrected chi connectivity index (χ2v) is 6.22. The molecule has 7 heteroatoms. The van der Waals surface area contributed by atoms with Crippen molar-refractivity contribution in [3.8, 4) is 0 Å². The van der Waals surface area contributed by atoms with Crippen molar-refractivity contribution < 1.29 is 23.8 Å². The van der Waals surface area contributed by atoms with Gasteiger partial charge in [-0.1, -0.05) is 0 Å². The molecule has 1 saturated carbocycles. The molecular formula is C15H24N2O5. The van der Waals surface area contributed by atoms with Gasteiger partial charge in [-0.05, 0) is 25.7 Å². The van der Waals surface area contributed by atoms with E-state index in [9.17, 15) is 9.59 Å². The fraction of sp³-hybridized carbons (Fsp3) is 0.867. The van der Waals surface area contributed by atoms with Crippen molar-refractivity contribution in [3.05, 3.63) is 0 Å². The van der Waals surface area contributed by atoms with Crippen LogP contribution in [0.2, 0.25) is 0 Å². The Kier molecular flexibility index (Phi) is 4.95. The summed E-state index contributed by atoms with van der Waals surface area (Å²) in [6.07, 6.45) is 5.86. The molecule has 7 nitrogen and oxygen atoms in total. The van der Waals surface area contributed by atoms with Gasteiger partial charge in [0.15, 0.2) is 5.79 Å². The zero-order valence-electron chi connectivity index (χ0n) is 12.8. The lowest BCUT2D eigenvalue weighted by Gasteiger charge is -2.21. The summed E-state index contributed by atoms with van der Waals surface area (Å²) in [6.45, 7) is 1.89. The first-order chi connectivity index (χ1) is 10.7. The average molecular weight is 312 g/mol. The summed E-state index contributed by atoms with van der Waals surface area (Å²) in [5, 5.41) is 5.21. The van der Waals surface area contributed by atoms with Crippen LogP contribution in [0.15, 0.2) is 0 Å². The van der Waals surface area contributed by atoms with Gasteiger partial charge >= 0.3 is 11.8 Å². The Labute approximate surface area is 130 Å². The molecule has 0 unspecified atom stereocenters. The molecule has 0 bridgehead atoms. The summed E-state index contributed by atoms with van der Waals surface area (Å²) in [5.41, 5.74) is 0. The summed E-state index contributed by atoms with van der Waals surface area (Å²) in [6, 6.07) is 0.